The predicted octanol–water partition coefficient (Wildman–Crippen LogP) is 0.837. The van der Waals surface area contributed by atoms with E-state index in [1.807, 2.05) is 6.92 Å². The molecule has 1 saturated heterocycles. The lowest BCUT2D eigenvalue weighted by Gasteiger charge is -2.12. The minimum absolute atomic E-state index is 0.155. The number of nitrogens with zero attached hydrogens (tertiary/aromatic N) is 1. The molecule has 0 radical (unpaired) electrons. The van der Waals surface area contributed by atoms with E-state index in [1.165, 1.54) is 0 Å². The van der Waals surface area contributed by atoms with Crippen molar-refractivity contribution < 1.29 is 5.21 Å². The van der Waals surface area contributed by atoms with Crippen LogP contribution in [-0.2, 0) is 0 Å². The fourth-order valence-corrected chi connectivity index (χ4v) is 0.848. The summed E-state index contributed by atoms with van der Waals surface area (Å²) in [5, 5.41) is 17.0. The Labute approximate surface area is 48.4 Å². The normalized spacial score (nSPS) is 29.5. The highest BCUT2D eigenvalue weighted by Gasteiger charge is 2.21. The van der Waals surface area contributed by atoms with Gasteiger partial charge in [0.1, 0.15) is 5.84 Å². The van der Waals surface area contributed by atoms with E-state index in [1.54, 1.807) is 0 Å². The second-order valence-corrected chi connectivity index (χ2v) is 2.18. The van der Waals surface area contributed by atoms with E-state index in [2.05, 4.69) is 0 Å². The van der Waals surface area contributed by atoms with E-state index in [0.29, 0.717) is 5.84 Å². The average molecular weight is 114 g/mol. The molecule has 46 valence electrons. The number of hydrogen-bond acceptors (Lipinski definition) is 2. The second-order valence-electron chi connectivity index (χ2n) is 2.18. The maximum absolute atomic E-state index is 8.88. The van der Waals surface area contributed by atoms with E-state index in [9.17, 15) is 0 Å². The van der Waals surface area contributed by atoms with Crippen LogP contribution < -0.4 is 0 Å². The number of rotatable bonds is 0. The van der Waals surface area contributed by atoms with Crippen molar-refractivity contribution in [2.24, 2.45) is 0 Å². The zero-order valence-electron chi connectivity index (χ0n) is 4.89. The standard InChI is InChI=1S/C5H10N2O/c1-4-2-3-5(6)7(4)8/h4,6,8H,2-3H2,1H3. The first-order chi connectivity index (χ1) is 3.72. The third kappa shape index (κ3) is 0.690. The summed E-state index contributed by atoms with van der Waals surface area (Å²) >= 11 is 0. The zero-order valence-corrected chi connectivity index (χ0v) is 4.89. The van der Waals surface area contributed by atoms with E-state index in [4.69, 9.17) is 10.6 Å². The van der Waals surface area contributed by atoms with E-state index < -0.39 is 0 Å². The van der Waals surface area contributed by atoms with Crippen molar-refractivity contribution >= 4 is 5.84 Å². The Hall–Kier alpha value is -0.570. The third-order valence-corrected chi connectivity index (χ3v) is 1.49. The van der Waals surface area contributed by atoms with Gasteiger partial charge < -0.3 is 0 Å². The van der Waals surface area contributed by atoms with Crippen LogP contribution in [0.3, 0.4) is 0 Å². The summed E-state index contributed by atoms with van der Waals surface area (Å²) in [7, 11) is 0. The summed E-state index contributed by atoms with van der Waals surface area (Å²) < 4.78 is 0. The third-order valence-electron chi connectivity index (χ3n) is 1.49. The molecular formula is C5H10N2O. The topological polar surface area (TPSA) is 47.3 Å². The number of nitrogens with one attached hydrogen (secondary N) is 1. The summed E-state index contributed by atoms with van der Waals surface area (Å²) in [5.74, 6) is 0.345. The summed E-state index contributed by atoms with van der Waals surface area (Å²) in [6.07, 6.45) is 1.63. The van der Waals surface area contributed by atoms with Crippen LogP contribution in [0.1, 0.15) is 19.8 Å². The van der Waals surface area contributed by atoms with Crippen molar-refractivity contribution in [1.29, 1.82) is 5.41 Å². The first-order valence-corrected chi connectivity index (χ1v) is 2.77. The van der Waals surface area contributed by atoms with Gasteiger partial charge in [-0.3, -0.25) is 10.6 Å². The van der Waals surface area contributed by atoms with Crippen molar-refractivity contribution in [3.05, 3.63) is 0 Å². The Morgan fingerprint density at radius 3 is 2.62 bits per heavy atom. The quantitative estimate of drug-likeness (QED) is 0.490. The average Bonchev–Trinajstić information content (AvgIpc) is 1.98. The molecule has 1 atom stereocenters. The van der Waals surface area contributed by atoms with Crippen LogP contribution >= 0.6 is 0 Å². The van der Waals surface area contributed by atoms with Crippen molar-refractivity contribution in [1.82, 2.24) is 5.06 Å². The molecule has 2 N–H and O–H groups in total. The van der Waals surface area contributed by atoms with Gasteiger partial charge in [0.15, 0.2) is 0 Å². The van der Waals surface area contributed by atoms with Crippen molar-refractivity contribution in [3.8, 4) is 0 Å². The molecule has 0 aromatic carbocycles. The van der Waals surface area contributed by atoms with Crippen LogP contribution in [0, 0.1) is 5.41 Å². The fourth-order valence-electron chi connectivity index (χ4n) is 0.848. The van der Waals surface area contributed by atoms with Gasteiger partial charge in [-0.2, -0.15) is 0 Å². The second kappa shape index (κ2) is 1.74. The Morgan fingerprint density at radius 2 is 2.50 bits per heavy atom. The molecular weight excluding hydrogens is 104 g/mol. The Kier molecular flexibility index (Phi) is 1.21. The van der Waals surface area contributed by atoms with Crippen molar-refractivity contribution in [3.63, 3.8) is 0 Å². The van der Waals surface area contributed by atoms with Crippen LogP contribution in [0.5, 0.6) is 0 Å². The Bertz CT molecular complexity index is 113. The van der Waals surface area contributed by atoms with Gasteiger partial charge in [-0.25, -0.2) is 5.06 Å². The maximum Gasteiger partial charge on any atom is 0.121 e. The molecule has 0 aromatic heterocycles. The van der Waals surface area contributed by atoms with Gasteiger partial charge in [0.2, 0.25) is 0 Å². The summed E-state index contributed by atoms with van der Waals surface area (Å²) in [6, 6.07) is 0.155. The molecule has 0 spiro atoms. The lowest BCUT2D eigenvalue weighted by atomic mass is 10.3. The smallest absolute Gasteiger partial charge is 0.121 e. The highest BCUT2D eigenvalue weighted by Crippen LogP contribution is 2.14. The first-order valence-electron chi connectivity index (χ1n) is 2.77. The summed E-state index contributed by atoms with van der Waals surface area (Å²) in [6.45, 7) is 1.90. The zero-order chi connectivity index (χ0) is 6.15. The lowest BCUT2D eigenvalue weighted by molar-refractivity contribution is -0.0366. The minimum Gasteiger partial charge on any atom is -0.287 e. The van der Waals surface area contributed by atoms with Gasteiger partial charge in [-0.05, 0) is 13.3 Å². The van der Waals surface area contributed by atoms with Gasteiger partial charge in [0.05, 0.1) is 6.04 Å². The molecule has 0 aromatic rings. The summed E-state index contributed by atoms with van der Waals surface area (Å²) in [4.78, 5) is 0. The molecule has 3 nitrogen and oxygen atoms in total. The van der Waals surface area contributed by atoms with E-state index in [-0.39, 0.29) is 6.04 Å². The molecule has 1 rings (SSSR count). The highest BCUT2D eigenvalue weighted by molar-refractivity contribution is 5.80. The van der Waals surface area contributed by atoms with Gasteiger partial charge >= 0.3 is 0 Å². The molecule has 3 heteroatoms. The molecule has 1 aliphatic rings. The number of hydrogen-bond donors (Lipinski definition) is 2. The first kappa shape index (κ1) is 5.56. The fraction of sp³-hybridized carbons (Fsp3) is 0.800. The molecule has 1 aliphatic heterocycles. The Morgan fingerprint density at radius 1 is 1.88 bits per heavy atom. The largest absolute Gasteiger partial charge is 0.287 e. The van der Waals surface area contributed by atoms with Gasteiger partial charge in [0.25, 0.3) is 0 Å². The van der Waals surface area contributed by atoms with Crippen LogP contribution in [0.15, 0.2) is 0 Å². The molecule has 0 saturated carbocycles. The molecule has 1 unspecified atom stereocenters. The highest BCUT2D eigenvalue weighted by atomic mass is 16.5. The van der Waals surface area contributed by atoms with Crippen LogP contribution in [0.4, 0.5) is 0 Å². The SMILES string of the molecule is CC1CCC(=N)N1O. The number of hydroxylamine groups is 2. The van der Waals surface area contributed by atoms with Crippen molar-refractivity contribution in [2.75, 3.05) is 0 Å². The number of amidine groups is 1. The molecule has 1 fully saturated rings. The van der Waals surface area contributed by atoms with E-state index >= 15 is 0 Å². The van der Waals surface area contributed by atoms with Crippen LogP contribution in [-0.4, -0.2) is 22.1 Å². The molecule has 0 bridgehead atoms. The molecule has 0 amide bonds. The van der Waals surface area contributed by atoms with Gasteiger partial charge in [-0.15, -0.1) is 0 Å². The van der Waals surface area contributed by atoms with E-state index in [0.717, 1.165) is 17.9 Å². The predicted molar refractivity (Wildman–Crippen MR) is 30.0 cm³/mol. The van der Waals surface area contributed by atoms with Gasteiger partial charge in [-0.1, -0.05) is 0 Å². The van der Waals surface area contributed by atoms with Crippen LogP contribution in [0.2, 0.25) is 0 Å². The van der Waals surface area contributed by atoms with Crippen LogP contribution in [0.25, 0.3) is 0 Å². The maximum atomic E-state index is 8.88. The lowest BCUT2D eigenvalue weighted by Crippen LogP contribution is -2.25. The van der Waals surface area contributed by atoms with Gasteiger partial charge in [0, 0.05) is 6.42 Å². The Balaban J connectivity index is 2.56. The summed E-state index contributed by atoms with van der Waals surface area (Å²) in [5.41, 5.74) is 0. The molecule has 1 heterocycles. The van der Waals surface area contributed by atoms with Crippen molar-refractivity contribution in [2.45, 2.75) is 25.8 Å². The molecule has 8 heavy (non-hydrogen) atoms. The molecule has 0 aliphatic carbocycles. The minimum atomic E-state index is 0.155. The monoisotopic (exact) mass is 114 g/mol.